The highest BCUT2D eigenvalue weighted by molar-refractivity contribution is 7.98. The summed E-state index contributed by atoms with van der Waals surface area (Å²) in [6, 6.07) is 12.9. The third kappa shape index (κ3) is 3.51. The average molecular weight is 396 g/mol. The van der Waals surface area contributed by atoms with Gasteiger partial charge >= 0.3 is 6.18 Å². The van der Waals surface area contributed by atoms with E-state index in [0.717, 1.165) is 4.90 Å². The second-order valence-electron chi connectivity index (χ2n) is 6.23. The Morgan fingerprint density at radius 2 is 1.93 bits per heavy atom. The maximum atomic E-state index is 14.4. The highest BCUT2D eigenvalue weighted by Crippen LogP contribution is 2.43. The Morgan fingerprint density at radius 1 is 1.22 bits per heavy atom. The maximum absolute atomic E-state index is 14.4. The number of nitrogens with one attached hydrogen (secondary N) is 1. The predicted octanol–water partition coefficient (Wildman–Crippen LogP) is 3.77. The summed E-state index contributed by atoms with van der Waals surface area (Å²) < 4.78 is 43.1. The van der Waals surface area contributed by atoms with Crippen LogP contribution in [0.3, 0.4) is 0 Å². The zero-order chi connectivity index (χ0) is 19.7. The quantitative estimate of drug-likeness (QED) is 0.756. The number of anilines is 1. The molecule has 144 valence electrons. The van der Waals surface area contributed by atoms with E-state index in [4.69, 9.17) is 0 Å². The number of amides is 1. The minimum Gasteiger partial charge on any atom is -0.395 e. The normalized spacial score (nSPS) is 19.7. The number of halogens is 3. The maximum Gasteiger partial charge on any atom is 0.430 e. The number of para-hydroxylation sites is 1. The van der Waals surface area contributed by atoms with E-state index in [9.17, 15) is 23.1 Å². The monoisotopic (exact) mass is 396 g/mol. The number of thioether (sulfide) groups is 1. The van der Waals surface area contributed by atoms with Crippen molar-refractivity contribution < 1.29 is 23.1 Å². The van der Waals surface area contributed by atoms with Crippen LogP contribution in [0.5, 0.6) is 0 Å². The minimum atomic E-state index is -4.76. The number of aliphatic hydroxyl groups excluding tert-OH is 1. The summed E-state index contributed by atoms with van der Waals surface area (Å²) in [5.74, 6) is -0.751. The van der Waals surface area contributed by atoms with Gasteiger partial charge in [-0.05, 0) is 42.2 Å². The standard InChI is InChI=1S/C19H19F3N2O2S/c1-27-15-7-8-16-13(11-15)12-18(19(20,21)22,24(9-10-25)17(16)26)23-14-5-3-2-4-6-14/h2-8,11,23,25H,9-10,12H2,1H3. The van der Waals surface area contributed by atoms with Crippen LogP contribution in [0.25, 0.3) is 0 Å². The van der Waals surface area contributed by atoms with Gasteiger partial charge in [0.25, 0.3) is 5.91 Å². The molecule has 1 atom stereocenters. The van der Waals surface area contributed by atoms with Crippen LogP contribution in [0.15, 0.2) is 53.4 Å². The molecule has 2 aromatic rings. The number of benzene rings is 2. The van der Waals surface area contributed by atoms with E-state index in [1.165, 1.54) is 23.9 Å². The second-order valence-corrected chi connectivity index (χ2v) is 7.11. The highest BCUT2D eigenvalue weighted by atomic mass is 32.2. The number of fused-ring (bicyclic) bond motifs is 1. The molecule has 1 unspecified atom stereocenters. The molecule has 0 aliphatic carbocycles. The van der Waals surface area contributed by atoms with Gasteiger partial charge < -0.3 is 15.3 Å². The number of β-amino-alcohol motifs (C(OH)–C–C–N with tert-alkyl or cyclic N) is 1. The molecule has 0 saturated carbocycles. The van der Waals surface area contributed by atoms with Gasteiger partial charge in [-0.3, -0.25) is 4.79 Å². The Balaban J connectivity index is 2.17. The molecule has 0 aromatic heterocycles. The molecule has 2 aromatic carbocycles. The van der Waals surface area contributed by atoms with Crippen LogP contribution < -0.4 is 5.32 Å². The molecule has 1 amide bonds. The molecule has 4 nitrogen and oxygen atoms in total. The Hall–Kier alpha value is -2.19. The topological polar surface area (TPSA) is 52.6 Å². The second kappa shape index (κ2) is 7.44. The first-order valence-electron chi connectivity index (χ1n) is 8.32. The zero-order valence-electron chi connectivity index (χ0n) is 14.6. The third-order valence-corrected chi connectivity index (χ3v) is 5.34. The van der Waals surface area contributed by atoms with Gasteiger partial charge in [-0.2, -0.15) is 13.2 Å². The lowest BCUT2D eigenvalue weighted by Crippen LogP contribution is -2.69. The van der Waals surface area contributed by atoms with Crippen LogP contribution in [-0.2, 0) is 6.42 Å². The molecule has 1 heterocycles. The summed E-state index contributed by atoms with van der Waals surface area (Å²) in [6.07, 6.45) is -3.38. The van der Waals surface area contributed by atoms with Gasteiger partial charge in [0.05, 0.1) is 6.61 Å². The number of rotatable bonds is 5. The van der Waals surface area contributed by atoms with Gasteiger partial charge in [-0.1, -0.05) is 18.2 Å². The van der Waals surface area contributed by atoms with Crippen molar-refractivity contribution in [3.63, 3.8) is 0 Å². The van der Waals surface area contributed by atoms with Crippen molar-refractivity contribution in [2.45, 2.75) is 23.2 Å². The van der Waals surface area contributed by atoms with E-state index in [1.54, 1.807) is 36.4 Å². The number of aliphatic hydroxyl groups is 1. The van der Waals surface area contributed by atoms with Gasteiger partial charge in [0, 0.05) is 29.1 Å². The predicted molar refractivity (Wildman–Crippen MR) is 98.9 cm³/mol. The van der Waals surface area contributed by atoms with E-state index in [2.05, 4.69) is 5.32 Å². The van der Waals surface area contributed by atoms with Crippen LogP contribution in [0.1, 0.15) is 15.9 Å². The lowest BCUT2D eigenvalue weighted by molar-refractivity contribution is -0.216. The molecular weight excluding hydrogens is 377 g/mol. The Bertz CT molecular complexity index is 829. The fourth-order valence-corrected chi connectivity index (χ4v) is 3.79. The summed E-state index contributed by atoms with van der Waals surface area (Å²) >= 11 is 1.40. The third-order valence-electron chi connectivity index (χ3n) is 4.61. The molecule has 1 aliphatic heterocycles. The van der Waals surface area contributed by atoms with Gasteiger partial charge in [0.1, 0.15) is 0 Å². The Morgan fingerprint density at radius 3 is 2.52 bits per heavy atom. The molecule has 8 heteroatoms. The van der Waals surface area contributed by atoms with E-state index < -0.39 is 37.3 Å². The summed E-state index contributed by atoms with van der Waals surface area (Å²) in [5.41, 5.74) is -1.83. The molecule has 3 rings (SSSR count). The van der Waals surface area contributed by atoms with Gasteiger partial charge in [-0.15, -0.1) is 11.8 Å². The number of hydrogen-bond donors (Lipinski definition) is 2. The van der Waals surface area contributed by atoms with Crippen molar-refractivity contribution >= 4 is 23.4 Å². The smallest absolute Gasteiger partial charge is 0.395 e. The van der Waals surface area contributed by atoms with Crippen LogP contribution in [0.4, 0.5) is 18.9 Å². The number of carbonyl (C=O) groups excluding carboxylic acids is 1. The van der Waals surface area contributed by atoms with Crippen molar-refractivity contribution in [3.05, 3.63) is 59.7 Å². The van der Waals surface area contributed by atoms with Crippen LogP contribution in [0, 0.1) is 0 Å². The van der Waals surface area contributed by atoms with Gasteiger partial charge in [0.15, 0.2) is 0 Å². The van der Waals surface area contributed by atoms with Crippen molar-refractivity contribution in [3.8, 4) is 0 Å². The largest absolute Gasteiger partial charge is 0.430 e. The molecule has 1 aliphatic rings. The highest BCUT2D eigenvalue weighted by Gasteiger charge is 2.62. The molecule has 0 spiro atoms. The molecule has 2 N–H and O–H groups in total. The number of alkyl halides is 3. The average Bonchev–Trinajstić information content (AvgIpc) is 2.64. The first kappa shape index (κ1) is 19.6. The number of carbonyl (C=O) groups is 1. The van der Waals surface area contributed by atoms with Gasteiger partial charge in [-0.25, -0.2) is 0 Å². The summed E-state index contributed by atoms with van der Waals surface area (Å²) in [5, 5.41) is 11.9. The van der Waals surface area contributed by atoms with Crippen LogP contribution in [-0.4, -0.2) is 47.2 Å². The molecular formula is C19H19F3N2O2S. The number of hydrogen-bond acceptors (Lipinski definition) is 4. The first-order chi connectivity index (χ1) is 12.8. The molecule has 0 radical (unpaired) electrons. The Labute approximate surface area is 159 Å². The van der Waals surface area contributed by atoms with Crippen molar-refractivity contribution in [2.24, 2.45) is 0 Å². The van der Waals surface area contributed by atoms with E-state index >= 15 is 0 Å². The van der Waals surface area contributed by atoms with Gasteiger partial charge in [0.2, 0.25) is 5.66 Å². The number of nitrogens with zero attached hydrogens (tertiary/aromatic N) is 1. The van der Waals surface area contributed by atoms with Crippen molar-refractivity contribution in [2.75, 3.05) is 24.7 Å². The van der Waals surface area contributed by atoms with E-state index in [-0.39, 0.29) is 11.3 Å². The summed E-state index contributed by atoms with van der Waals surface area (Å²) in [7, 11) is 0. The van der Waals surface area contributed by atoms with Crippen molar-refractivity contribution in [1.29, 1.82) is 0 Å². The fraction of sp³-hybridized carbons (Fsp3) is 0.316. The molecule has 0 bridgehead atoms. The van der Waals surface area contributed by atoms with E-state index in [0.29, 0.717) is 10.5 Å². The van der Waals surface area contributed by atoms with E-state index in [1.807, 2.05) is 6.26 Å². The lowest BCUT2D eigenvalue weighted by Gasteiger charge is -2.48. The van der Waals surface area contributed by atoms with Crippen LogP contribution >= 0.6 is 11.8 Å². The Kier molecular flexibility index (Phi) is 5.39. The minimum absolute atomic E-state index is 0.232. The molecule has 0 saturated heterocycles. The molecule has 0 fully saturated rings. The zero-order valence-corrected chi connectivity index (χ0v) is 15.4. The lowest BCUT2D eigenvalue weighted by atomic mass is 9.87. The first-order valence-corrected chi connectivity index (χ1v) is 9.54. The fourth-order valence-electron chi connectivity index (χ4n) is 3.33. The van der Waals surface area contributed by atoms with Crippen LogP contribution in [0.2, 0.25) is 0 Å². The summed E-state index contributed by atoms with van der Waals surface area (Å²) in [6.45, 7) is -1.000. The van der Waals surface area contributed by atoms with Crippen molar-refractivity contribution in [1.82, 2.24) is 4.90 Å². The molecule has 27 heavy (non-hydrogen) atoms. The SMILES string of the molecule is CSc1ccc2c(c1)CC(Nc1ccccc1)(C(F)(F)F)N(CCO)C2=O. The summed E-state index contributed by atoms with van der Waals surface area (Å²) in [4.78, 5) is 14.4.